The first-order chi connectivity index (χ1) is 11.1. The van der Waals surface area contributed by atoms with Gasteiger partial charge in [-0.15, -0.1) is 4.91 Å². The molecule has 5 nitrogen and oxygen atoms in total. The van der Waals surface area contributed by atoms with Gasteiger partial charge in [-0.3, -0.25) is 0 Å². The van der Waals surface area contributed by atoms with Gasteiger partial charge in [0, 0.05) is 29.7 Å². The van der Waals surface area contributed by atoms with Crippen molar-refractivity contribution >= 4 is 0 Å². The third-order valence-electron chi connectivity index (χ3n) is 5.19. The van der Waals surface area contributed by atoms with Crippen LogP contribution in [0.5, 0.6) is 0 Å². The quantitative estimate of drug-likeness (QED) is 0.296. The predicted molar refractivity (Wildman–Crippen MR) is 100 cm³/mol. The number of allylic oxidation sites excluding steroid dienone is 4. The topological polar surface area (TPSA) is 102 Å². The highest BCUT2D eigenvalue weighted by molar-refractivity contribution is 5.40. The Labute approximate surface area is 145 Å². The van der Waals surface area contributed by atoms with E-state index in [0.717, 1.165) is 12.0 Å². The van der Waals surface area contributed by atoms with Crippen molar-refractivity contribution in [1.82, 2.24) is 0 Å². The Bertz CT molecular complexity index is 598. The Morgan fingerprint density at radius 3 is 2.58 bits per heavy atom. The molecule has 3 atom stereocenters. The van der Waals surface area contributed by atoms with Crippen LogP contribution in [0, 0.1) is 22.2 Å². The molecule has 1 aliphatic rings. The third-order valence-corrected chi connectivity index (χ3v) is 5.19. The molecule has 134 valence electrons. The van der Waals surface area contributed by atoms with Gasteiger partial charge in [-0.25, -0.2) is 0 Å². The molecule has 0 saturated heterocycles. The van der Waals surface area contributed by atoms with E-state index in [9.17, 15) is 10.0 Å². The van der Waals surface area contributed by atoms with Gasteiger partial charge >= 0.3 is 0 Å². The van der Waals surface area contributed by atoms with Crippen LogP contribution < -0.4 is 11.5 Å². The molecule has 0 aromatic rings. The highest BCUT2D eigenvalue weighted by atomic mass is 16.3. The van der Waals surface area contributed by atoms with Crippen LogP contribution in [0.1, 0.15) is 41.0 Å². The molecule has 0 bridgehead atoms. The van der Waals surface area contributed by atoms with Crippen molar-refractivity contribution in [3.8, 4) is 0 Å². The molecule has 0 heterocycles. The molecule has 0 spiro atoms. The minimum atomic E-state index is -0.404. The Morgan fingerprint density at radius 1 is 1.58 bits per heavy atom. The SMILES string of the molecule is C=C(C)[C@@H]1CC(C)(C)C(C)=CC1C(=C\N=O)/C(O)=C(/CN)C(C)N. The van der Waals surface area contributed by atoms with Crippen molar-refractivity contribution in [1.29, 1.82) is 0 Å². The van der Waals surface area contributed by atoms with E-state index in [2.05, 4.69) is 38.6 Å². The molecule has 0 saturated carbocycles. The zero-order valence-electron chi connectivity index (χ0n) is 15.5. The summed E-state index contributed by atoms with van der Waals surface area (Å²) < 4.78 is 0. The lowest BCUT2D eigenvalue weighted by Gasteiger charge is -2.41. The molecular weight excluding hydrogens is 302 g/mol. The molecule has 24 heavy (non-hydrogen) atoms. The molecule has 0 aromatic heterocycles. The Balaban J connectivity index is 3.53. The van der Waals surface area contributed by atoms with E-state index in [-0.39, 0.29) is 29.6 Å². The summed E-state index contributed by atoms with van der Waals surface area (Å²) in [7, 11) is 0. The summed E-state index contributed by atoms with van der Waals surface area (Å²) in [5.41, 5.74) is 14.9. The largest absolute Gasteiger partial charge is 0.508 e. The Kier molecular flexibility index (Phi) is 6.69. The second-order valence-corrected chi connectivity index (χ2v) is 7.47. The predicted octanol–water partition coefficient (Wildman–Crippen LogP) is 3.94. The Morgan fingerprint density at radius 2 is 2.17 bits per heavy atom. The van der Waals surface area contributed by atoms with Crippen molar-refractivity contribution < 1.29 is 5.11 Å². The number of hydrogen-bond donors (Lipinski definition) is 3. The molecule has 0 radical (unpaired) electrons. The first-order valence-corrected chi connectivity index (χ1v) is 8.31. The van der Waals surface area contributed by atoms with Crippen molar-refractivity contribution in [3.63, 3.8) is 0 Å². The van der Waals surface area contributed by atoms with E-state index in [4.69, 9.17) is 11.5 Å². The maximum Gasteiger partial charge on any atom is 0.123 e. The van der Waals surface area contributed by atoms with Gasteiger partial charge in [-0.05, 0) is 43.7 Å². The van der Waals surface area contributed by atoms with Crippen LogP contribution >= 0.6 is 0 Å². The normalized spacial score (nSPS) is 26.3. The fraction of sp³-hybridized carbons (Fsp3) is 0.579. The van der Waals surface area contributed by atoms with E-state index < -0.39 is 6.04 Å². The Hall–Kier alpha value is -1.72. The summed E-state index contributed by atoms with van der Waals surface area (Å²) in [5, 5.41) is 13.6. The number of hydrogen-bond acceptors (Lipinski definition) is 5. The molecule has 1 rings (SSSR count). The summed E-state index contributed by atoms with van der Waals surface area (Å²) >= 11 is 0. The number of nitroso groups, excluding NO2 is 1. The van der Waals surface area contributed by atoms with Crippen molar-refractivity contribution in [2.75, 3.05) is 6.54 Å². The van der Waals surface area contributed by atoms with Gasteiger partial charge in [-0.2, -0.15) is 0 Å². The molecule has 5 N–H and O–H groups in total. The molecule has 0 aromatic carbocycles. The van der Waals surface area contributed by atoms with Crippen LogP contribution in [0.15, 0.2) is 52.1 Å². The van der Waals surface area contributed by atoms with Crippen LogP contribution in [-0.4, -0.2) is 17.7 Å². The lowest BCUT2D eigenvalue weighted by molar-refractivity contribution is 0.276. The number of rotatable bonds is 6. The molecular formula is C19H31N3O2. The molecule has 0 fully saturated rings. The zero-order chi connectivity index (χ0) is 18.7. The minimum absolute atomic E-state index is 0.0212. The van der Waals surface area contributed by atoms with Crippen LogP contribution in [-0.2, 0) is 0 Å². The number of nitrogens with two attached hydrogens (primary N) is 2. The van der Waals surface area contributed by atoms with Gasteiger partial charge in [0.1, 0.15) is 5.76 Å². The number of nitrogens with zero attached hydrogens (tertiary/aromatic N) is 1. The highest BCUT2D eigenvalue weighted by Gasteiger charge is 2.37. The van der Waals surface area contributed by atoms with Gasteiger partial charge in [0.25, 0.3) is 0 Å². The number of aliphatic hydroxyl groups excluding tert-OH is 1. The van der Waals surface area contributed by atoms with Crippen LogP contribution in [0.4, 0.5) is 0 Å². The average Bonchev–Trinajstić information content (AvgIpc) is 2.47. The maximum atomic E-state index is 11.0. The molecule has 0 aliphatic heterocycles. The summed E-state index contributed by atoms with van der Waals surface area (Å²) in [6.45, 7) is 14.4. The van der Waals surface area contributed by atoms with Gasteiger partial charge in [0.15, 0.2) is 0 Å². The lowest BCUT2D eigenvalue weighted by Crippen LogP contribution is -2.32. The molecule has 2 unspecified atom stereocenters. The van der Waals surface area contributed by atoms with E-state index in [0.29, 0.717) is 11.1 Å². The van der Waals surface area contributed by atoms with Gasteiger partial charge in [-0.1, -0.05) is 37.6 Å². The molecule has 5 heteroatoms. The minimum Gasteiger partial charge on any atom is -0.508 e. The van der Waals surface area contributed by atoms with Crippen molar-refractivity contribution in [3.05, 3.63) is 51.8 Å². The second-order valence-electron chi connectivity index (χ2n) is 7.47. The highest BCUT2D eigenvalue weighted by Crippen LogP contribution is 2.47. The third kappa shape index (κ3) is 4.22. The van der Waals surface area contributed by atoms with Crippen LogP contribution in [0.3, 0.4) is 0 Å². The standard InChI is InChI=1S/C19H31N3O2/c1-11(2)15-8-19(5,6)12(3)7-14(15)17(10-22-24)18(23)16(9-20)13(4)21/h7,10,13-15,23H,1,8-9,20-21H2,2-6H3/b17-10+,18-16+/t13?,14?,15-/m0/s1. The van der Waals surface area contributed by atoms with Gasteiger partial charge in [0.05, 0.1) is 6.20 Å². The van der Waals surface area contributed by atoms with Crippen LogP contribution in [0.25, 0.3) is 0 Å². The summed E-state index contributed by atoms with van der Waals surface area (Å²) in [6, 6.07) is -0.404. The smallest absolute Gasteiger partial charge is 0.123 e. The first-order valence-electron chi connectivity index (χ1n) is 8.31. The lowest BCUT2D eigenvalue weighted by atomic mass is 9.64. The summed E-state index contributed by atoms with van der Waals surface area (Å²) in [4.78, 5) is 11.0. The van der Waals surface area contributed by atoms with E-state index in [1.54, 1.807) is 6.92 Å². The zero-order valence-corrected chi connectivity index (χ0v) is 15.5. The fourth-order valence-corrected chi connectivity index (χ4v) is 3.28. The van der Waals surface area contributed by atoms with Crippen LogP contribution in [0.2, 0.25) is 0 Å². The van der Waals surface area contributed by atoms with Crippen molar-refractivity contribution in [2.24, 2.45) is 33.9 Å². The monoisotopic (exact) mass is 333 g/mol. The van der Waals surface area contributed by atoms with Gasteiger partial charge in [0.2, 0.25) is 0 Å². The maximum absolute atomic E-state index is 11.0. The number of aliphatic hydroxyl groups is 1. The fourth-order valence-electron chi connectivity index (χ4n) is 3.28. The summed E-state index contributed by atoms with van der Waals surface area (Å²) in [6.07, 6.45) is 4.16. The first kappa shape index (κ1) is 20.3. The van der Waals surface area contributed by atoms with Crippen molar-refractivity contribution in [2.45, 2.75) is 47.1 Å². The summed E-state index contributed by atoms with van der Waals surface area (Å²) in [5.74, 6) is -0.0911. The van der Waals surface area contributed by atoms with E-state index in [1.165, 1.54) is 11.8 Å². The second kappa shape index (κ2) is 7.90. The van der Waals surface area contributed by atoms with Gasteiger partial charge < -0.3 is 16.6 Å². The molecule has 1 aliphatic carbocycles. The average molecular weight is 333 g/mol. The molecule has 0 amide bonds. The van der Waals surface area contributed by atoms with E-state index >= 15 is 0 Å². The van der Waals surface area contributed by atoms with E-state index in [1.807, 2.05) is 6.92 Å².